The van der Waals surface area contributed by atoms with E-state index in [0.29, 0.717) is 16.8 Å². The highest BCUT2D eigenvalue weighted by molar-refractivity contribution is 7.18. The summed E-state index contributed by atoms with van der Waals surface area (Å²) in [5, 5.41) is 3.60. The molecule has 0 aliphatic carbocycles. The van der Waals surface area contributed by atoms with Crippen molar-refractivity contribution in [2.75, 3.05) is 6.54 Å². The van der Waals surface area contributed by atoms with Gasteiger partial charge < -0.3 is 14.8 Å². The summed E-state index contributed by atoms with van der Waals surface area (Å²) in [7, 11) is 0. The Morgan fingerprint density at radius 3 is 2.80 bits per heavy atom. The van der Waals surface area contributed by atoms with Crippen LogP contribution >= 0.6 is 11.3 Å². The van der Waals surface area contributed by atoms with E-state index in [-0.39, 0.29) is 17.8 Å². The van der Waals surface area contributed by atoms with E-state index in [2.05, 4.69) is 21.1 Å². The van der Waals surface area contributed by atoms with Gasteiger partial charge in [-0.3, -0.25) is 4.79 Å². The second-order valence-electron chi connectivity index (χ2n) is 6.73. The van der Waals surface area contributed by atoms with Gasteiger partial charge in [0.2, 0.25) is 5.91 Å². The summed E-state index contributed by atoms with van der Waals surface area (Å²) in [6, 6.07) is 12.2. The van der Waals surface area contributed by atoms with Crippen LogP contribution in [-0.4, -0.2) is 29.9 Å². The Kier molecular flexibility index (Phi) is 6.81. The Balaban J connectivity index is 0.000000171. The average molecular weight is 438 g/mol. The number of carbonyl (C=O) groups is 1. The third kappa shape index (κ3) is 6.35. The van der Waals surface area contributed by atoms with Crippen LogP contribution < -0.4 is 14.8 Å². The van der Waals surface area contributed by atoms with Crippen molar-refractivity contribution < 1.29 is 27.4 Å². The number of alkyl halides is 3. The number of rotatable bonds is 3. The number of aryl methyl sites for hydroxylation is 2. The largest absolute Gasteiger partial charge is 0.573 e. The molecule has 0 saturated carbocycles. The number of carbonyl (C=O) groups excluding carboxylic acids is 1. The standard InChI is InChI=1S/C12H15NO2.C9H6F3NOS/c1-9(14)13-8-11-7-6-10-4-2-3-5-12(10)15-11;1-5-13-7-3-2-6(4-8(7)15-5)14-9(10,11)12/h2-5,11H,6-8H2,1H3,(H,13,14);2-4H,1H3. The fourth-order valence-electron chi connectivity index (χ4n) is 3.00. The van der Waals surface area contributed by atoms with E-state index >= 15 is 0 Å². The molecule has 9 heteroatoms. The lowest BCUT2D eigenvalue weighted by atomic mass is 10.0. The van der Waals surface area contributed by atoms with Gasteiger partial charge in [-0.25, -0.2) is 4.98 Å². The lowest BCUT2D eigenvalue weighted by molar-refractivity contribution is -0.274. The maximum absolute atomic E-state index is 11.9. The van der Waals surface area contributed by atoms with E-state index in [9.17, 15) is 18.0 Å². The molecule has 1 aliphatic rings. The van der Waals surface area contributed by atoms with Gasteiger partial charge >= 0.3 is 6.36 Å². The molecule has 1 amide bonds. The topological polar surface area (TPSA) is 60.5 Å². The van der Waals surface area contributed by atoms with Crippen molar-refractivity contribution in [3.63, 3.8) is 0 Å². The van der Waals surface area contributed by atoms with Gasteiger partial charge in [0, 0.05) is 6.92 Å². The molecule has 1 N–H and O–H groups in total. The number of fused-ring (bicyclic) bond motifs is 2. The summed E-state index contributed by atoms with van der Waals surface area (Å²) in [5.74, 6) is 0.746. The highest BCUT2D eigenvalue weighted by Crippen LogP contribution is 2.29. The summed E-state index contributed by atoms with van der Waals surface area (Å²) in [6.07, 6.45) is -2.53. The van der Waals surface area contributed by atoms with Crippen molar-refractivity contribution in [2.45, 2.75) is 39.2 Å². The molecule has 2 heterocycles. The van der Waals surface area contributed by atoms with Gasteiger partial charge in [-0.2, -0.15) is 0 Å². The number of aromatic nitrogens is 1. The first-order chi connectivity index (χ1) is 14.2. The minimum Gasteiger partial charge on any atom is -0.488 e. The monoisotopic (exact) mass is 438 g/mol. The van der Waals surface area contributed by atoms with Crippen LogP contribution in [0.4, 0.5) is 13.2 Å². The molecular weight excluding hydrogens is 417 g/mol. The second kappa shape index (κ2) is 9.34. The average Bonchev–Trinajstić information content (AvgIpc) is 3.04. The van der Waals surface area contributed by atoms with Crippen LogP contribution in [0.25, 0.3) is 10.2 Å². The summed E-state index contributed by atoms with van der Waals surface area (Å²) in [6.45, 7) is 3.93. The molecule has 2 aromatic carbocycles. The van der Waals surface area contributed by atoms with Crippen LogP contribution in [0.5, 0.6) is 11.5 Å². The van der Waals surface area contributed by atoms with Crippen molar-refractivity contribution in [1.29, 1.82) is 0 Å². The van der Waals surface area contributed by atoms with E-state index in [1.54, 1.807) is 6.92 Å². The predicted octanol–water partition coefficient (Wildman–Crippen LogP) is 5.02. The lowest BCUT2D eigenvalue weighted by Crippen LogP contribution is -2.36. The highest BCUT2D eigenvalue weighted by Gasteiger charge is 2.31. The number of amides is 1. The van der Waals surface area contributed by atoms with Crippen molar-refractivity contribution in [2.24, 2.45) is 0 Å². The zero-order chi connectivity index (χ0) is 21.7. The summed E-state index contributed by atoms with van der Waals surface area (Å²) in [4.78, 5) is 14.9. The number of nitrogens with one attached hydrogen (secondary N) is 1. The van der Waals surface area contributed by atoms with Gasteiger partial charge in [0.05, 0.1) is 21.8 Å². The number of para-hydroxylation sites is 1. The van der Waals surface area contributed by atoms with E-state index in [1.807, 2.05) is 18.2 Å². The quantitative estimate of drug-likeness (QED) is 0.624. The number of halogens is 3. The first kappa shape index (κ1) is 21.9. The molecule has 4 rings (SSSR count). The molecule has 1 unspecified atom stereocenters. The molecule has 0 spiro atoms. The van der Waals surface area contributed by atoms with Crippen LogP contribution in [0.1, 0.15) is 23.9 Å². The van der Waals surface area contributed by atoms with Crippen LogP contribution in [-0.2, 0) is 11.2 Å². The number of benzene rings is 2. The minimum atomic E-state index is -4.65. The molecule has 1 atom stereocenters. The summed E-state index contributed by atoms with van der Waals surface area (Å²) < 4.78 is 46.0. The number of hydrogen-bond acceptors (Lipinski definition) is 5. The van der Waals surface area contributed by atoms with E-state index < -0.39 is 6.36 Å². The SMILES string of the molecule is CC(=O)NCC1CCc2ccccc2O1.Cc1nc2ccc(OC(F)(F)F)cc2s1. The molecule has 0 saturated heterocycles. The molecule has 0 bridgehead atoms. The van der Waals surface area contributed by atoms with Gasteiger partial charge in [-0.05, 0) is 49.6 Å². The Hall–Kier alpha value is -2.81. The first-order valence-electron chi connectivity index (χ1n) is 9.31. The molecule has 0 radical (unpaired) electrons. The predicted molar refractivity (Wildman–Crippen MR) is 109 cm³/mol. The molecule has 5 nitrogen and oxygen atoms in total. The summed E-state index contributed by atoms with van der Waals surface area (Å²) >= 11 is 1.33. The van der Waals surface area contributed by atoms with Crippen LogP contribution in [0, 0.1) is 6.92 Å². The molecule has 1 aromatic heterocycles. The van der Waals surface area contributed by atoms with Crippen LogP contribution in [0.3, 0.4) is 0 Å². The lowest BCUT2D eigenvalue weighted by Gasteiger charge is -2.25. The smallest absolute Gasteiger partial charge is 0.488 e. The third-order valence-electron chi connectivity index (χ3n) is 4.28. The summed E-state index contributed by atoms with van der Waals surface area (Å²) in [5.41, 5.74) is 1.95. The maximum atomic E-state index is 11.9. The first-order valence-corrected chi connectivity index (χ1v) is 10.1. The fourth-order valence-corrected chi connectivity index (χ4v) is 3.85. The zero-order valence-corrected chi connectivity index (χ0v) is 17.3. The van der Waals surface area contributed by atoms with Gasteiger partial charge in [0.25, 0.3) is 0 Å². The third-order valence-corrected chi connectivity index (χ3v) is 5.21. The normalized spacial score (nSPS) is 15.4. The van der Waals surface area contributed by atoms with Crippen molar-refractivity contribution in [3.8, 4) is 11.5 Å². The number of ether oxygens (including phenoxy) is 2. The van der Waals surface area contributed by atoms with Crippen molar-refractivity contribution >= 4 is 27.5 Å². The maximum Gasteiger partial charge on any atom is 0.573 e. The Morgan fingerprint density at radius 1 is 1.30 bits per heavy atom. The molecule has 160 valence electrons. The van der Waals surface area contributed by atoms with E-state index in [1.165, 1.54) is 42.0 Å². The Bertz CT molecular complexity index is 1020. The zero-order valence-electron chi connectivity index (χ0n) is 16.5. The van der Waals surface area contributed by atoms with E-state index in [0.717, 1.165) is 23.6 Å². The van der Waals surface area contributed by atoms with Crippen molar-refractivity contribution in [1.82, 2.24) is 10.3 Å². The van der Waals surface area contributed by atoms with Gasteiger partial charge in [0.1, 0.15) is 17.6 Å². The van der Waals surface area contributed by atoms with Crippen molar-refractivity contribution in [3.05, 3.63) is 53.0 Å². The van der Waals surface area contributed by atoms with Gasteiger partial charge in [-0.1, -0.05) is 18.2 Å². The molecule has 1 aliphatic heterocycles. The molecule has 3 aromatic rings. The van der Waals surface area contributed by atoms with E-state index in [4.69, 9.17) is 4.74 Å². The Morgan fingerprint density at radius 2 is 2.07 bits per heavy atom. The molecule has 30 heavy (non-hydrogen) atoms. The minimum absolute atomic E-state index is 0.00235. The molecule has 0 fully saturated rings. The van der Waals surface area contributed by atoms with Crippen LogP contribution in [0.2, 0.25) is 0 Å². The van der Waals surface area contributed by atoms with Gasteiger partial charge in [-0.15, -0.1) is 24.5 Å². The second-order valence-corrected chi connectivity index (χ2v) is 7.97. The number of hydrogen-bond donors (Lipinski definition) is 1. The fraction of sp³-hybridized carbons (Fsp3) is 0.333. The number of thiazole rings is 1. The number of nitrogens with zero attached hydrogens (tertiary/aromatic N) is 1. The van der Waals surface area contributed by atoms with Gasteiger partial charge in [0.15, 0.2) is 0 Å². The molecular formula is C21H21F3N2O3S. The van der Waals surface area contributed by atoms with Crippen LogP contribution in [0.15, 0.2) is 42.5 Å². The highest BCUT2D eigenvalue weighted by atomic mass is 32.1. The Labute approximate surface area is 175 Å².